The van der Waals surface area contributed by atoms with Crippen LogP contribution in [0, 0.1) is 18.3 Å². The Morgan fingerprint density at radius 3 is 2.16 bits per heavy atom. The fraction of sp³-hybridized carbons (Fsp3) is 0.0769. The minimum atomic E-state index is 0.475. The average Bonchev–Trinajstić information content (AvgIpc) is 2.80. The van der Waals surface area contributed by atoms with Crippen LogP contribution in [-0.2, 0) is 0 Å². The third-order valence-corrected chi connectivity index (χ3v) is 5.24. The third kappa shape index (κ3) is 4.53. The Bertz CT molecular complexity index is 1240. The summed E-state index contributed by atoms with van der Waals surface area (Å²) >= 11 is 6.07. The van der Waals surface area contributed by atoms with Crippen LogP contribution in [0.2, 0.25) is 5.02 Å². The Labute approximate surface area is 186 Å². The van der Waals surface area contributed by atoms with Crippen LogP contribution in [0.3, 0.4) is 0 Å². The van der Waals surface area contributed by atoms with Crippen molar-refractivity contribution in [3.05, 3.63) is 95.0 Å². The van der Waals surface area contributed by atoms with Crippen molar-refractivity contribution in [3.63, 3.8) is 0 Å². The molecule has 4 nitrogen and oxygen atoms in total. The molecule has 31 heavy (non-hydrogen) atoms. The Morgan fingerprint density at radius 1 is 0.903 bits per heavy atom. The molecular weight excluding hydrogens is 406 g/mol. The summed E-state index contributed by atoms with van der Waals surface area (Å²) in [4.78, 5) is 4.78. The number of hydrogen-bond acceptors (Lipinski definition) is 4. The van der Waals surface area contributed by atoms with Crippen molar-refractivity contribution in [1.82, 2.24) is 4.98 Å². The van der Waals surface area contributed by atoms with Gasteiger partial charge in [-0.15, -0.1) is 0 Å². The standard InChI is InChI=1S/C26H20ClN3O/c1-17-3-11-21(12-4-17)29-26-24(16-28)23(18-7-13-22(31-2)14-8-18)15-25(30-26)19-5-9-20(27)10-6-19/h3-15H,1-2H3,(H,29,30). The van der Waals surface area contributed by atoms with Crippen LogP contribution in [0.15, 0.2) is 78.9 Å². The molecule has 0 fully saturated rings. The molecule has 3 aromatic carbocycles. The summed E-state index contributed by atoms with van der Waals surface area (Å²) in [7, 11) is 1.63. The first kappa shape index (κ1) is 20.5. The first-order valence-electron chi connectivity index (χ1n) is 9.76. The lowest BCUT2D eigenvalue weighted by atomic mass is 9.98. The molecule has 4 aromatic rings. The van der Waals surface area contributed by atoms with Gasteiger partial charge in [0, 0.05) is 21.8 Å². The van der Waals surface area contributed by atoms with E-state index in [-0.39, 0.29) is 0 Å². The molecule has 0 radical (unpaired) electrons. The van der Waals surface area contributed by atoms with E-state index in [0.29, 0.717) is 16.4 Å². The molecule has 4 rings (SSSR count). The van der Waals surface area contributed by atoms with Gasteiger partial charge >= 0.3 is 0 Å². The zero-order chi connectivity index (χ0) is 21.8. The number of aromatic nitrogens is 1. The lowest BCUT2D eigenvalue weighted by Gasteiger charge is -2.15. The zero-order valence-corrected chi connectivity index (χ0v) is 17.9. The van der Waals surface area contributed by atoms with Gasteiger partial charge in [0.05, 0.1) is 12.8 Å². The maximum absolute atomic E-state index is 10.0. The van der Waals surface area contributed by atoms with Crippen LogP contribution in [0.1, 0.15) is 11.1 Å². The fourth-order valence-corrected chi connectivity index (χ4v) is 3.42. The van der Waals surface area contributed by atoms with Crippen LogP contribution in [0.4, 0.5) is 11.5 Å². The van der Waals surface area contributed by atoms with Crippen LogP contribution in [0.5, 0.6) is 5.75 Å². The second-order valence-corrected chi connectivity index (χ2v) is 7.55. The molecule has 5 heteroatoms. The lowest BCUT2D eigenvalue weighted by Crippen LogP contribution is -2.01. The topological polar surface area (TPSA) is 57.9 Å². The van der Waals surface area contributed by atoms with Crippen molar-refractivity contribution >= 4 is 23.1 Å². The molecule has 0 aliphatic rings. The molecule has 0 aliphatic heterocycles. The number of nitrogens with one attached hydrogen (secondary N) is 1. The third-order valence-electron chi connectivity index (χ3n) is 4.99. The highest BCUT2D eigenvalue weighted by Gasteiger charge is 2.16. The van der Waals surface area contributed by atoms with E-state index in [4.69, 9.17) is 21.3 Å². The van der Waals surface area contributed by atoms with Gasteiger partial charge in [-0.05, 0) is 55.0 Å². The highest BCUT2D eigenvalue weighted by atomic mass is 35.5. The number of pyridine rings is 1. The first-order valence-corrected chi connectivity index (χ1v) is 10.1. The molecule has 0 amide bonds. The van der Waals surface area contributed by atoms with Crippen LogP contribution >= 0.6 is 11.6 Å². The normalized spacial score (nSPS) is 10.4. The maximum atomic E-state index is 10.0. The van der Waals surface area contributed by atoms with E-state index < -0.39 is 0 Å². The van der Waals surface area contributed by atoms with E-state index in [9.17, 15) is 5.26 Å². The second kappa shape index (κ2) is 8.91. The van der Waals surface area contributed by atoms with Crippen molar-refractivity contribution in [1.29, 1.82) is 5.26 Å². The molecule has 152 valence electrons. The van der Waals surface area contributed by atoms with Crippen molar-refractivity contribution in [2.45, 2.75) is 6.92 Å². The Kier molecular flexibility index (Phi) is 5.88. The van der Waals surface area contributed by atoms with Gasteiger partial charge in [-0.2, -0.15) is 5.26 Å². The predicted molar refractivity (Wildman–Crippen MR) is 126 cm³/mol. The van der Waals surface area contributed by atoms with E-state index in [1.165, 1.54) is 0 Å². The summed E-state index contributed by atoms with van der Waals surface area (Å²) in [5, 5.41) is 14.0. The molecule has 0 spiro atoms. The summed E-state index contributed by atoms with van der Waals surface area (Å²) in [6, 6.07) is 27.4. The summed E-state index contributed by atoms with van der Waals surface area (Å²) in [5.41, 5.74) is 5.85. The summed E-state index contributed by atoms with van der Waals surface area (Å²) in [5.74, 6) is 1.26. The SMILES string of the molecule is COc1ccc(-c2cc(-c3ccc(Cl)cc3)nc(Nc3ccc(C)cc3)c2C#N)cc1. The molecule has 1 N–H and O–H groups in total. The molecular formula is C26H20ClN3O. The molecule has 0 aliphatic carbocycles. The van der Waals surface area contributed by atoms with Gasteiger partial charge in [0.1, 0.15) is 23.2 Å². The smallest absolute Gasteiger partial charge is 0.149 e. The Balaban J connectivity index is 1.88. The number of ether oxygens (including phenoxy) is 1. The summed E-state index contributed by atoms with van der Waals surface area (Å²) < 4.78 is 5.28. The molecule has 0 saturated heterocycles. The van der Waals surface area contributed by atoms with Gasteiger partial charge in [0.2, 0.25) is 0 Å². The number of rotatable bonds is 5. The molecule has 0 bridgehead atoms. The Hall–Kier alpha value is -3.81. The zero-order valence-electron chi connectivity index (χ0n) is 17.2. The van der Waals surface area contributed by atoms with Crippen LogP contribution in [-0.4, -0.2) is 12.1 Å². The minimum absolute atomic E-state index is 0.475. The number of nitriles is 1. The van der Waals surface area contributed by atoms with Crippen molar-refractivity contribution < 1.29 is 4.74 Å². The average molecular weight is 426 g/mol. The van der Waals surface area contributed by atoms with Crippen molar-refractivity contribution in [2.75, 3.05) is 12.4 Å². The molecule has 1 aromatic heterocycles. The largest absolute Gasteiger partial charge is 0.497 e. The summed E-state index contributed by atoms with van der Waals surface area (Å²) in [6.07, 6.45) is 0. The van der Waals surface area contributed by atoms with Gasteiger partial charge in [-0.25, -0.2) is 4.98 Å². The monoisotopic (exact) mass is 425 g/mol. The van der Waals surface area contributed by atoms with Crippen LogP contribution in [0.25, 0.3) is 22.4 Å². The van der Waals surface area contributed by atoms with Gasteiger partial charge in [0.15, 0.2) is 0 Å². The molecule has 0 unspecified atom stereocenters. The van der Waals surface area contributed by atoms with Crippen molar-refractivity contribution in [2.24, 2.45) is 0 Å². The van der Waals surface area contributed by atoms with Crippen molar-refractivity contribution in [3.8, 4) is 34.2 Å². The van der Waals surface area contributed by atoms with Gasteiger partial charge in [-0.1, -0.05) is 53.6 Å². The number of anilines is 2. The van der Waals surface area contributed by atoms with E-state index in [1.807, 2.05) is 85.8 Å². The van der Waals surface area contributed by atoms with Gasteiger partial charge in [0.25, 0.3) is 0 Å². The number of halogens is 1. The molecule has 0 atom stereocenters. The maximum Gasteiger partial charge on any atom is 0.149 e. The van der Waals surface area contributed by atoms with E-state index in [0.717, 1.165) is 39.4 Å². The van der Waals surface area contributed by atoms with E-state index in [2.05, 4.69) is 11.4 Å². The first-order chi connectivity index (χ1) is 15.1. The molecule has 0 saturated carbocycles. The van der Waals surface area contributed by atoms with Gasteiger partial charge in [-0.3, -0.25) is 0 Å². The predicted octanol–water partition coefficient (Wildman–Crippen LogP) is 7.00. The van der Waals surface area contributed by atoms with Crippen LogP contribution < -0.4 is 10.1 Å². The van der Waals surface area contributed by atoms with Gasteiger partial charge < -0.3 is 10.1 Å². The highest BCUT2D eigenvalue weighted by Crippen LogP contribution is 2.34. The summed E-state index contributed by atoms with van der Waals surface area (Å²) in [6.45, 7) is 2.03. The van der Waals surface area contributed by atoms with E-state index in [1.54, 1.807) is 7.11 Å². The number of aryl methyl sites for hydroxylation is 1. The highest BCUT2D eigenvalue weighted by molar-refractivity contribution is 6.30. The fourth-order valence-electron chi connectivity index (χ4n) is 3.29. The quantitative estimate of drug-likeness (QED) is 0.374. The van der Waals surface area contributed by atoms with E-state index >= 15 is 0 Å². The molecule has 1 heterocycles. The number of methoxy groups -OCH3 is 1. The lowest BCUT2D eigenvalue weighted by molar-refractivity contribution is 0.415. The Morgan fingerprint density at radius 2 is 1.55 bits per heavy atom. The number of hydrogen-bond donors (Lipinski definition) is 1. The second-order valence-electron chi connectivity index (χ2n) is 7.12. The number of benzene rings is 3. The minimum Gasteiger partial charge on any atom is -0.497 e. The number of nitrogens with zero attached hydrogens (tertiary/aromatic N) is 2.